The third-order valence-electron chi connectivity index (χ3n) is 8.92. The van der Waals surface area contributed by atoms with Crippen LogP contribution in [0.15, 0.2) is 158 Å². The Bertz CT molecular complexity index is 2810. The van der Waals surface area contributed by atoms with E-state index in [0.717, 1.165) is 67.0 Å². The molecular weight excluding hydrogens is 605 g/mol. The molecule has 0 fully saturated rings. The zero-order valence-corrected chi connectivity index (χ0v) is 26.1. The molecule has 49 heavy (non-hydrogen) atoms. The molecule has 0 aliphatic carbocycles. The topological polar surface area (TPSA) is 78.2 Å². The molecule has 10 rings (SSSR count). The molecule has 8 nitrogen and oxygen atoms in total. The molecule has 230 valence electrons. The van der Waals surface area contributed by atoms with E-state index in [1.165, 1.54) is 0 Å². The van der Waals surface area contributed by atoms with Gasteiger partial charge in [0.25, 0.3) is 0 Å². The standard InChI is InChI=1S/C41H26N8/c1-4-14-27(15-5-1)37-44-38(28-16-6-2-7-17-28)46-39(45-37)29-24-25-35-36(26-29)49-34-23-13-11-21-32(34)43-41(49)47(30-18-8-3-9-19-30)40-42-31-20-10-12-22-33(31)48(35)40/h1-26H. The number of hydrogen-bond donors (Lipinski definition) is 0. The van der Waals surface area contributed by atoms with Gasteiger partial charge >= 0.3 is 0 Å². The zero-order chi connectivity index (χ0) is 32.3. The largest absolute Gasteiger partial charge is 0.276 e. The van der Waals surface area contributed by atoms with E-state index in [-0.39, 0.29) is 0 Å². The van der Waals surface area contributed by atoms with Crippen molar-refractivity contribution in [2.24, 2.45) is 0 Å². The van der Waals surface area contributed by atoms with Crippen LogP contribution in [-0.4, -0.2) is 38.3 Å². The third kappa shape index (κ3) is 4.35. The van der Waals surface area contributed by atoms with Crippen molar-refractivity contribution in [1.29, 1.82) is 0 Å². The minimum Gasteiger partial charge on any atom is -0.276 e. The molecule has 0 spiro atoms. The summed E-state index contributed by atoms with van der Waals surface area (Å²) in [4.78, 5) is 25.5. The van der Waals surface area contributed by atoms with Crippen LogP contribution in [0.4, 0.5) is 0 Å². The monoisotopic (exact) mass is 630 g/mol. The van der Waals surface area contributed by atoms with Crippen LogP contribution in [-0.2, 0) is 0 Å². The maximum atomic E-state index is 5.24. The first-order chi connectivity index (χ1) is 24.3. The van der Waals surface area contributed by atoms with Gasteiger partial charge < -0.3 is 0 Å². The fourth-order valence-corrected chi connectivity index (χ4v) is 6.67. The molecule has 0 atom stereocenters. The minimum atomic E-state index is 0.585. The summed E-state index contributed by atoms with van der Waals surface area (Å²) in [6, 6.07) is 53.3. The molecule has 0 radical (unpaired) electrons. The summed E-state index contributed by atoms with van der Waals surface area (Å²) in [6.07, 6.45) is 0. The van der Waals surface area contributed by atoms with Gasteiger partial charge in [-0.25, -0.2) is 29.5 Å². The third-order valence-corrected chi connectivity index (χ3v) is 8.92. The van der Waals surface area contributed by atoms with Crippen molar-refractivity contribution >= 4 is 44.7 Å². The smallest absolute Gasteiger partial charge is 0.223 e. The SMILES string of the molecule is c1ccc(-c2nc(-c3ccccc3)nc(-c3ccc4c(c3)n3c5ccccc5nc3n(-c3ccccc3)c3nc5ccccc5n43)n2)cc1. The Balaban J connectivity index is 1.36. The second-order valence-electron chi connectivity index (χ2n) is 11.9. The summed E-state index contributed by atoms with van der Waals surface area (Å²) in [5.41, 5.74) is 9.34. The summed E-state index contributed by atoms with van der Waals surface area (Å²) in [5.74, 6) is 3.32. The molecule has 10 aromatic rings. The number of rotatable bonds is 4. The fourth-order valence-electron chi connectivity index (χ4n) is 6.67. The van der Waals surface area contributed by atoms with Crippen LogP contribution in [0, 0.1) is 0 Å². The van der Waals surface area contributed by atoms with Gasteiger partial charge in [-0.05, 0) is 54.6 Å². The van der Waals surface area contributed by atoms with Gasteiger partial charge in [0.2, 0.25) is 11.6 Å². The molecule has 8 heteroatoms. The van der Waals surface area contributed by atoms with E-state index < -0.39 is 0 Å². The lowest BCUT2D eigenvalue weighted by Gasteiger charge is -2.09. The van der Waals surface area contributed by atoms with Crippen molar-refractivity contribution in [3.05, 3.63) is 158 Å². The minimum absolute atomic E-state index is 0.585. The average molecular weight is 631 g/mol. The first-order valence-electron chi connectivity index (χ1n) is 16.1. The Labute approximate surface area is 279 Å². The highest BCUT2D eigenvalue weighted by Gasteiger charge is 2.20. The zero-order valence-electron chi connectivity index (χ0n) is 26.1. The summed E-state index contributed by atoms with van der Waals surface area (Å²) in [6.45, 7) is 0. The van der Waals surface area contributed by atoms with E-state index in [4.69, 9.17) is 24.9 Å². The van der Waals surface area contributed by atoms with Crippen LogP contribution >= 0.6 is 0 Å². The van der Waals surface area contributed by atoms with Crippen molar-refractivity contribution < 1.29 is 0 Å². The van der Waals surface area contributed by atoms with E-state index in [0.29, 0.717) is 17.5 Å². The molecule has 4 heterocycles. The van der Waals surface area contributed by atoms with E-state index in [1.54, 1.807) is 0 Å². The molecule has 0 unspecified atom stereocenters. The quantitative estimate of drug-likeness (QED) is 0.194. The number of aromatic nitrogens is 8. The lowest BCUT2D eigenvalue weighted by molar-refractivity contribution is 1.03. The molecule has 0 aliphatic heterocycles. The normalized spacial score (nSPS) is 11.7. The summed E-state index contributed by atoms with van der Waals surface area (Å²) in [5, 5.41) is 0. The molecule has 0 N–H and O–H groups in total. The van der Waals surface area contributed by atoms with Gasteiger partial charge in [-0.15, -0.1) is 0 Å². The van der Waals surface area contributed by atoms with Gasteiger partial charge in [-0.1, -0.05) is 103 Å². The van der Waals surface area contributed by atoms with Crippen molar-refractivity contribution in [2.75, 3.05) is 0 Å². The van der Waals surface area contributed by atoms with Crippen molar-refractivity contribution in [3.8, 4) is 39.9 Å². The van der Waals surface area contributed by atoms with Crippen LogP contribution in [0.3, 0.4) is 0 Å². The Morgan fingerprint density at radius 1 is 0.327 bits per heavy atom. The van der Waals surface area contributed by atoms with Gasteiger partial charge in [0.1, 0.15) is 0 Å². The average Bonchev–Trinajstić information content (AvgIpc) is 3.71. The summed E-state index contributed by atoms with van der Waals surface area (Å²) < 4.78 is 6.59. The van der Waals surface area contributed by atoms with Crippen molar-refractivity contribution in [1.82, 2.24) is 38.3 Å². The lowest BCUT2D eigenvalue weighted by Crippen LogP contribution is -2.01. The van der Waals surface area contributed by atoms with Crippen LogP contribution in [0.25, 0.3) is 84.5 Å². The van der Waals surface area contributed by atoms with Crippen molar-refractivity contribution in [2.45, 2.75) is 0 Å². The number of para-hydroxylation sites is 5. The van der Waals surface area contributed by atoms with Crippen LogP contribution in [0.2, 0.25) is 0 Å². The highest BCUT2D eigenvalue weighted by atomic mass is 15.3. The maximum absolute atomic E-state index is 5.24. The van der Waals surface area contributed by atoms with E-state index in [2.05, 4.69) is 80.1 Å². The molecule has 4 aromatic heterocycles. The Morgan fingerprint density at radius 2 is 0.776 bits per heavy atom. The molecule has 0 aliphatic rings. The molecule has 6 aromatic carbocycles. The van der Waals surface area contributed by atoms with Gasteiger partial charge in [-0.2, -0.15) is 0 Å². The number of imidazole rings is 2. The number of hydrogen-bond acceptors (Lipinski definition) is 5. The lowest BCUT2D eigenvalue weighted by atomic mass is 10.1. The molecular formula is C41H26N8. The van der Waals surface area contributed by atoms with Gasteiger partial charge in [0.05, 0.1) is 38.8 Å². The van der Waals surface area contributed by atoms with Gasteiger partial charge in [0, 0.05) is 16.7 Å². The molecule has 0 amide bonds. The number of benzene rings is 6. The number of fused-ring (bicyclic) bond motifs is 9. The first kappa shape index (κ1) is 27.2. The second-order valence-corrected chi connectivity index (χ2v) is 11.9. The van der Waals surface area contributed by atoms with E-state index in [1.807, 2.05) is 91.0 Å². The summed E-state index contributed by atoms with van der Waals surface area (Å²) in [7, 11) is 0. The maximum Gasteiger partial charge on any atom is 0.223 e. The summed E-state index contributed by atoms with van der Waals surface area (Å²) >= 11 is 0. The molecule has 0 saturated carbocycles. The molecule has 0 bridgehead atoms. The predicted octanol–water partition coefficient (Wildman–Crippen LogP) is 8.98. The van der Waals surface area contributed by atoms with Gasteiger partial charge in [-0.3, -0.25) is 8.80 Å². The van der Waals surface area contributed by atoms with Gasteiger partial charge in [0.15, 0.2) is 17.5 Å². The predicted molar refractivity (Wildman–Crippen MR) is 194 cm³/mol. The number of nitrogens with zero attached hydrogens (tertiary/aromatic N) is 8. The second kappa shape index (κ2) is 10.8. The Hall–Kier alpha value is -6.93. The Kier molecular flexibility index (Phi) is 6.01. The van der Waals surface area contributed by atoms with E-state index >= 15 is 0 Å². The highest BCUT2D eigenvalue weighted by Crippen LogP contribution is 2.32. The highest BCUT2D eigenvalue weighted by molar-refractivity contribution is 5.94. The first-order valence-corrected chi connectivity index (χ1v) is 16.1. The Morgan fingerprint density at radius 3 is 1.33 bits per heavy atom. The fraction of sp³-hybridized carbons (Fsp3) is 0. The van der Waals surface area contributed by atoms with Crippen LogP contribution < -0.4 is 0 Å². The van der Waals surface area contributed by atoms with Crippen LogP contribution in [0.5, 0.6) is 0 Å². The molecule has 0 saturated heterocycles. The van der Waals surface area contributed by atoms with E-state index in [9.17, 15) is 0 Å². The van der Waals surface area contributed by atoms with Crippen molar-refractivity contribution in [3.63, 3.8) is 0 Å². The van der Waals surface area contributed by atoms with Crippen LogP contribution in [0.1, 0.15) is 0 Å².